The fraction of sp³-hybridized carbons (Fsp3) is 0.182. The van der Waals surface area contributed by atoms with Crippen molar-refractivity contribution in [2.75, 3.05) is 6.54 Å². The van der Waals surface area contributed by atoms with Crippen LogP contribution in [0.4, 0.5) is 13.2 Å². The van der Waals surface area contributed by atoms with Crippen molar-refractivity contribution in [1.82, 2.24) is 0 Å². The van der Waals surface area contributed by atoms with E-state index in [0.717, 1.165) is 12.1 Å². The number of alkyl halides is 3. The van der Waals surface area contributed by atoms with Crippen LogP contribution in [0, 0.1) is 0 Å². The van der Waals surface area contributed by atoms with Crippen LogP contribution < -0.4 is 5.32 Å². The Bertz CT molecular complexity index is 913. The van der Waals surface area contributed by atoms with Crippen LogP contribution >= 0.6 is 11.6 Å². The fourth-order valence-corrected chi connectivity index (χ4v) is 3.29. The Kier molecular flexibility index (Phi) is 6.08. The van der Waals surface area contributed by atoms with Crippen molar-refractivity contribution in [2.45, 2.75) is 18.3 Å². The average molecular weight is 407 g/mol. The van der Waals surface area contributed by atoms with Gasteiger partial charge in [-0.25, -0.2) is 0 Å². The van der Waals surface area contributed by atoms with Gasteiger partial charge in [-0.05, 0) is 35.4 Å². The van der Waals surface area contributed by atoms with Gasteiger partial charge in [-0.2, -0.15) is 13.2 Å². The molecule has 0 fully saturated rings. The Hall–Kier alpha value is -2.34. The van der Waals surface area contributed by atoms with E-state index in [2.05, 4.69) is 0 Å². The lowest BCUT2D eigenvalue weighted by Gasteiger charge is -2.28. The van der Waals surface area contributed by atoms with Crippen molar-refractivity contribution in [3.8, 4) is 0 Å². The Labute approximate surface area is 166 Å². The largest absolute Gasteiger partial charge is 0.416 e. The molecule has 2 nitrogen and oxygen atoms in total. The van der Waals surface area contributed by atoms with E-state index < -0.39 is 17.3 Å². The quantitative estimate of drug-likeness (QED) is 0.627. The molecule has 0 heterocycles. The smallest absolute Gasteiger partial charge is 0.375 e. The van der Waals surface area contributed by atoms with Crippen molar-refractivity contribution in [3.05, 3.63) is 106 Å². The minimum absolute atomic E-state index is 0.245. The number of quaternary nitrogens is 1. The highest BCUT2D eigenvalue weighted by Gasteiger charge is 2.34. The Morgan fingerprint density at radius 2 is 1.39 bits per heavy atom. The molecule has 146 valence electrons. The van der Waals surface area contributed by atoms with Crippen molar-refractivity contribution in [1.29, 1.82) is 0 Å². The first-order valence-corrected chi connectivity index (χ1v) is 9.18. The maximum absolute atomic E-state index is 12.9. The van der Waals surface area contributed by atoms with Crippen molar-refractivity contribution in [3.63, 3.8) is 0 Å². The second-order valence-corrected chi connectivity index (χ2v) is 7.06. The molecule has 0 bridgehead atoms. The van der Waals surface area contributed by atoms with E-state index >= 15 is 0 Å². The zero-order chi connectivity index (χ0) is 20.2. The zero-order valence-electron chi connectivity index (χ0n) is 15.0. The molecule has 0 aliphatic carbocycles. The lowest BCUT2D eigenvalue weighted by molar-refractivity contribution is -0.682. The number of rotatable bonds is 6. The first kappa shape index (κ1) is 20.4. The normalized spacial score (nSPS) is 13.9. The average Bonchev–Trinajstić information content (AvgIpc) is 2.68. The van der Waals surface area contributed by atoms with Gasteiger partial charge in [0.2, 0.25) is 0 Å². The van der Waals surface area contributed by atoms with E-state index in [1.165, 1.54) is 6.07 Å². The summed E-state index contributed by atoms with van der Waals surface area (Å²) < 4.78 is 38.7. The molecular formula is C22H20ClF3NO+. The lowest BCUT2D eigenvalue weighted by Crippen LogP contribution is -2.86. The molecule has 0 saturated heterocycles. The molecule has 6 heteroatoms. The minimum Gasteiger partial charge on any atom is -0.375 e. The Balaban J connectivity index is 1.81. The number of hydrogen-bond acceptors (Lipinski definition) is 1. The lowest BCUT2D eigenvalue weighted by atomic mass is 9.86. The summed E-state index contributed by atoms with van der Waals surface area (Å²) in [7, 11) is 0. The molecule has 0 amide bonds. The monoisotopic (exact) mass is 406 g/mol. The highest BCUT2D eigenvalue weighted by atomic mass is 35.5. The highest BCUT2D eigenvalue weighted by Crippen LogP contribution is 2.30. The van der Waals surface area contributed by atoms with E-state index in [9.17, 15) is 18.3 Å². The Morgan fingerprint density at radius 1 is 0.786 bits per heavy atom. The summed E-state index contributed by atoms with van der Waals surface area (Å²) in [5.74, 6) is 0. The third-order valence-corrected chi connectivity index (χ3v) is 4.90. The molecule has 3 aromatic carbocycles. The molecule has 0 radical (unpaired) electrons. The van der Waals surface area contributed by atoms with Gasteiger partial charge in [-0.15, -0.1) is 0 Å². The number of halogens is 4. The standard InChI is InChI=1S/C22H19ClF3NO/c23-20-11-9-18(10-12-20)21(28,17-6-2-1-3-7-17)15-27-14-16-5-4-8-19(13-16)22(24,25)26/h1-13,27-28H,14-15H2/p+1/t21-/m0/s1. The predicted molar refractivity (Wildman–Crippen MR) is 103 cm³/mol. The molecule has 0 aromatic heterocycles. The predicted octanol–water partition coefficient (Wildman–Crippen LogP) is 4.36. The summed E-state index contributed by atoms with van der Waals surface area (Å²) in [5, 5.41) is 13.8. The molecule has 0 spiro atoms. The van der Waals surface area contributed by atoms with Crippen LogP contribution in [0.1, 0.15) is 22.3 Å². The summed E-state index contributed by atoms with van der Waals surface area (Å²) in [5.41, 5.74) is -0.0511. The maximum Gasteiger partial charge on any atom is 0.416 e. The molecule has 0 aliphatic rings. The van der Waals surface area contributed by atoms with E-state index in [1.807, 2.05) is 30.3 Å². The Morgan fingerprint density at radius 3 is 2.04 bits per heavy atom. The number of hydrogen-bond donors (Lipinski definition) is 2. The van der Waals surface area contributed by atoms with E-state index in [-0.39, 0.29) is 6.54 Å². The van der Waals surface area contributed by atoms with Gasteiger partial charge in [0.15, 0.2) is 5.60 Å². The van der Waals surface area contributed by atoms with Crippen molar-refractivity contribution in [2.24, 2.45) is 0 Å². The molecule has 0 saturated carbocycles. The van der Waals surface area contributed by atoms with Gasteiger partial charge in [0.25, 0.3) is 0 Å². The summed E-state index contributed by atoms with van der Waals surface area (Å²) in [6, 6.07) is 21.3. The fourth-order valence-electron chi connectivity index (χ4n) is 3.16. The van der Waals surface area contributed by atoms with Gasteiger partial charge >= 0.3 is 6.18 Å². The SMILES string of the molecule is O[C@@](C[NH2+]Cc1cccc(C(F)(F)F)c1)(c1ccccc1)c1ccc(Cl)cc1. The topological polar surface area (TPSA) is 36.8 Å². The maximum atomic E-state index is 12.9. The highest BCUT2D eigenvalue weighted by molar-refractivity contribution is 6.30. The van der Waals surface area contributed by atoms with Crippen LogP contribution in [0.2, 0.25) is 5.02 Å². The van der Waals surface area contributed by atoms with Gasteiger partial charge in [0, 0.05) is 10.6 Å². The molecule has 28 heavy (non-hydrogen) atoms. The summed E-state index contributed by atoms with van der Waals surface area (Å²) >= 11 is 5.96. The summed E-state index contributed by atoms with van der Waals surface area (Å²) in [6.45, 7) is 0.557. The second-order valence-electron chi connectivity index (χ2n) is 6.63. The second kappa shape index (κ2) is 8.35. The van der Waals surface area contributed by atoms with Crippen LogP contribution in [0.15, 0.2) is 78.9 Å². The van der Waals surface area contributed by atoms with E-state index in [4.69, 9.17) is 11.6 Å². The molecule has 0 aliphatic heterocycles. The third kappa shape index (κ3) is 4.73. The molecule has 3 rings (SSSR count). The molecular weight excluding hydrogens is 387 g/mol. The molecule has 3 N–H and O–H groups in total. The van der Waals surface area contributed by atoms with Crippen LogP contribution in [0.5, 0.6) is 0 Å². The number of nitrogens with two attached hydrogens (primary N) is 1. The van der Waals surface area contributed by atoms with Gasteiger partial charge < -0.3 is 10.4 Å². The first-order valence-electron chi connectivity index (χ1n) is 8.81. The van der Waals surface area contributed by atoms with Crippen LogP contribution in [0.3, 0.4) is 0 Å². The molecule has 1 atom stereocenters. The minimum atomic E-state index is -4.37. The number of aliphatic hydroxyl groups is 1. The van der Waals surface area contributed by atoms with Crippen LogP contribution in [-0.4, -0.2) is 11.7 Å². The first-order chi connectivity index (χ1) is 13.3. The van der Waals surface area contributed by atoms with Crippen LogP contribution in [0.25, 0.3) is 0 Å². The van der Waals surface area contributed by atoms with E-state index in [1.54, 1.807) is 35.6 Å². The zero-order valence-corrected chi connectivity index (χ0v) is 15.7. The van der Waals surface area contributed by atoms with Crippen molar-refractivity contribution < 1.29 is 23.6 Å². The van der Waals surface area contributed by atoms with Gasteiger partial charge in [0.05, 0.1) is 5.56 Å². The summed E-state index contributed by atoms with van der Waals surface area (Å²) in [4.78, 5) is 0. The molecule has 0 unspecified atom stereocenters. The van der Waals surface area contributed by atoms with Gasteiger partial charge in [-0.3, -0.25) is 0 Å². The van der Waals surface area contributed by atoms with E-state index in [0.29, 0.717) is 28.3 Å². The van der Waals surface area contributed by atoms with Gasteiger partial charge in [-0.1, -0.05) is 66.2 Å². The van der Waals surface area contributed by atoms with Crippen molar-refractivity contribution >= 4 is 11.6 Å². The molecule has 3 aromatic rings. The summed E-state index contributed by atoms with van der Waals surface area (Å²) in [6.07, 6.45) is -4.37. The third-order valence-electron chi connectivity index (χ3n) is 4.65. The van der Waals surface area contributed by atoms with Crippen LogP contribution in [-0.2, 0) is 18.3 Å². The number of benzene rings is 3. The van der Waals surface area contributed by atoms with Gasteiger partial charge in [0.1, 0.15) is 13.1 Å².